The fourth-order valence-corrected chi connectivity index (χ4v) is 6.36. The maximum Gasteiger partial charge on any atom is -0.00585 e. The highest BCUT2D eigenvalue weighted by Crippen LogP contribution is 2.41. The smallest absolute Gasteiger partial charge is 0.00585 e. The van der Waals surface area contributed by atoms with Crippen LogP contribution in [0.25, 0.3) is 0 Å². The Morgan fingerprint density at radius 1 is 0.964 bits per heavy atom. The summed E-state index contributed by atoms with van der Waals surface area (Å²) in [6, 6.07) is 21.9. The van der Waals surface area contributed by atoms with Crippen molar-refractivity contribution < 1.29 is 0 Å². The van der Waals surface area contributed by atoms with Gasteiger partial charge in [-0.2, -0.15) is 0 Å². The van der Waals surface area contributed by atoms with E-state index in [4.69, 9.17) is 0 Å². The largest absolute Gasteiger partial charge is 0.0767 e. The lowest BCUT2D eigenvalue weighted by Gasteiger charge is -2.33. The first-order valence-corrected chi connectivity index (χ1v) is 11.9. The molecule has 0 heterocycles. The van der Waals surface area contributed by atoms with Gasteiger partial charge in [0.25, 0.3) is 0 Å². The first-order valence-electron chi connectivity index (χ1n) is 10.4. The molecule has 0 radical (unpaired) electrons. The monoisotopic (exact) mass is 388 g/mol. The van der Waals surface area contributed by atoms with Crippen molar-refractivity contribution in [3.63, 3.8) is 0 Å². The number of allylic oxidation sites excluding steroid dienone is 6. The second-order valence-corrected chi connectivity index (χ2v) is 10.7. The summed E-state index contributed by atoms with van der Waals surface area (Å²) >= 11 is 0. The van der Waals surface area contributed by atoms with Crippen LogP contribution >= 0.6 is 7.92 Å². The van der Waals surface area contributed by atoms with Crippen molar-refractivity contribution in [1.82, 2.24) is 0 Å². The van der Waals surface area contributed by atoms with E-state index in [2.05, 4.69) is 107 Å². The predicted molar refractivity (Wildman–Crippen MR) is 127 cm³/mol. The molecular formula is C27H33P. The second-order valence-electron chi connectivity index (χ2n) is 8.49. The topological polar surface area (TPSA) is 0 Å². The molecule has 2 aromatic carbocycles. The summed E-state index contributed by atoms with van der Waals surface area (Å²) in [5, 5.41) is 2.90. The first-order chi connectivity index (χ1) is 13.5. The molecule has 0 N–H and O–H groups in total. The Bertz CT molecular complexity index is 814. The molecule has 0 saturated carbocycles. The van der Waals surface area contributed by atoms with Gasteiger partial charge in [0.05, 0.1) is 0 Å². The number of hydrogen-bond donors (Lipinski definition) is 0. The van der Waals surface area contributed by atoms with Gasteiger partial charge >= 0.3 is 0 Å². The summed E-state index contributed by atoms with van der Waals surface area (Å²) in [4.78, 5) is 0. The Hall–Kier alpha value is -1.91. The van der Waals surface area contributed by atoms with Gasteiger partial charge in [0.15, 0.2) is 0 Å². The Balaban J connectivity index is 1.79. The fraction of sp³-hybridized carbons (Fsp3) is 0.333. The zero-order chi connectivity index (χ0) is 20.0. The molecule has 1 heteroatoms. The molecule has 0 amide bonds. The van der Waals surface area contributed by atoms with Crippen LogP contribution in [0.4, 0.5) is 0 Å². The Labute approximate surface area is 172 Å². The van der Waals surface area contributed by atoms with Gasteiger partial charge in [-0.3, -0.25) is 0 Å². The van der Waals surface area contributed by atoms with Crippen molar-refractivity contribution in [2.45, 2.75) is 47.0 Å². The first kappa shape index (κ1) is 20.8. The highest BCUT2D eigenvalue weighted by molar-refractivity contribution is 7.73. The van der Waals surface area contributed by atoms with E-state index in [-0.39, 0.29) is 7.92 Å². The number of hydrogen-bond acceptors (Lipinski definition) is 0. The molecular weight excluding hydrogens is 355 g/mol. The lowest BCUT2D eigenvalue weighted by Crippen LogP contribution is -2.19. The average Bonchev–Trinajstić information content (AvgIpc) is 2.69. The third-order valence-electron chi connectivity index (χ3n) is 5.79. The van der Waals surface area contributed by atoms with E-state index < -0.39 is 0 Å². The molecule has 0 saturated heterocycles. The second kappa shape index (κ2) is 9.53. The van der Waals surface area contributed by atoms with Crippen LogP contribution in [0.5, 0.6) is 0 Å². The normalized spacial score (nSPS) is 17.5. The Morgan fingerprint density at radius 2 is 1.54 bits per heavy atom. The van der Waals surface area contributed by atoms with E-state index in [1.54, 1.807) is 11.1 Å². The minimum atomic E-state index is -0.359. The zero-order valence-electron chi connectivity index (χ0n) is 17.8. The van der Waals surface area contributed by atoms with E-state index in [1.807, 2.05) is 0 Å². The van der Waals surface area contributed by atoms with Crippen LogP contribution < -0.4 is 10.6 Å². The van der Waals surface area contributed by atoms with Crippen molar-refractivity contribution in [1.29, 1.82) is 0 Å². The summed E-state index contributed by atoms with van der Waals surface area (Å²) in [7, 11) is -0.359. The highest BCUT2D eigenvalue weighted by atomic mass is 31.1. The summed E-state index contributed by atoms with van der Waals surface area (Å²) in [6.07, 6.45) is 12.1. The quantitative estimate of drug-likeness (QED) is 0.364. The van der Waals surface area contributed by atoms with Crippen LogP contribution in [-0.2, 0) is 0 Å². The SMILES string of the molecule is CC1=C(/C=C/C(C)=C/CP(c2ccccc2)c2ccccc2)C(C)(C)CCC1. The van der Waals surface area contributed by atoms with Crippen molar-refractivity contribution in [2.24, 2.45) is 5.41 Å². The Morgan fingerprint density at radius 3 is 2.07 bits per heavy atom. The van der Waals surface area contributed by atoms with Crippen LogP contribution in [0.15, 0.2) is 95.6 Å². The summed E-state index contributed by atoms with van der Waals surface area (Å²) < 4.78 is 0. The molecule has 0 atom stereocenters. The van der Waals surface area contributed by atoms with Gasteiger partial charge < -0.3 is 0 Å². The van der Waals surface area contributed by atoms with Crippen molar-refractivity contribution >= 4 is 18.5 Å². The molecule has 1 aliphatic carbocycles. The molecule has 0 spiro atoms. The zero-order valence-corrected chi connectivity index (χ0v) is 18.7. The van der Waals surface area contributed by atoms with Gasteiger partial charge in [0.1, 0.15) is 0 Å². The van der Waals surface area contributed by atoms with Crippen molar-refractivity contribution in [2.75, 3.05) is 6.16 Å². The summed E-state index contributed by atoms with van der Waals surface area (Å²) in [5.74, 6) is 0. The van der Waals surface area contributed by atoms with Crippen LogP contribution in [0.2, 0.25) is 0 Å². The van der Waals surface area contributed by atoms with Crippen LogP contribution in [0, 0.1) is 5.41 Å². The third-order valence-corrected chi connectivity index (χ3v) is 8.18. The van der Waals surface area contributed by atoms with E-state index >= 15 is 0 Å². The molecule has 0 fully saturated rings. The van der Waals surface area contributed by atoms with Gasteiger partial charge in [0, 0.05) is 0 Å². The van der Waals surface area contributed by atoms with Crippen LogP contribution in [-0.4, -0.2) is 6.16 Å². The molecule has 3 rings (SSSR count). The number of benzene rings is 2. The lowest BCUT2D eigenvalue weighted by molar-refractivity contribution is 0.377. The van der Waals surface area contributed by atoms with Gasteiger partial charge in [-0.15, -0.1) is 0 Å². The standard InChI is InChI=1S/C27H33P/c1-22(17-18-26-23(2)12-11-20-27(26,3)4)19-21-28(24-13-7-5-8-14-24)25-15-9-6-10-16-25/h5-10,13-19H,11-12,20-21H2,1-4H3/b18-17+,22-19+. The summed E-state index contributed by atoms with van der Waals surface area (Å²) in [6.45, 7) is 9.33. The van der Waals surface area contributed by atoms with Crippen LogP contribution in [0.3, 0.4) is 0 Å². The molecule has 2 aromatic rings. The van der Waals surface area contributed by atoms with Crippen molar-refractivity contribution in [3.8, 4) is 0 Å². The number of rotatable bonds is 6. The minimum absolute atomic E-state index is 0.305. The molecule has 0 aromatic heterocycles. The third kappa shape index (κ3) is 5.33. The average molecular weight is 389 g/mol. The summed E-state index contributed by atoms with van der Waals surface area (Å²) in [5.41, 5.74) is 4.77. The van der Waals surface area contributed by atoms with Crippen LogP contribution in [0.1, 0.15) is 47.0 Å². The molecule has 1 aliphatic rings. The van der Waals surface area contributed by atoms with E-state index in [0.29, 0.717) is 5.41 Å². The lowest BCUT2D eigenvalue weighted by atomic mass is 9.72. The van der Waals surface area contributed by atoms with Gasteiger partial charge in [0.2, 0.25) is 0 Å². The molecule has 0 bridgehead atoms. The molecule has 146 valence electrons. The fourth-order valence-electron chi connectivity index (χ4n) is 4.10. The Kier molecular flexibility index (Phi) is 7.08. The molecule has 0 aliphatic heterocycles. The molecule has 0 nitrogen and oxygen atoms in total. The van der Waals surface area contributed by atoms with Gasteiger partial charge in [-0.1, -0.05) is 104 Å². The van der Waals surface area contributed by atoms with Gasteiger partial charge in [-0.25, -0.2) is 0 Å². The maximum atomic E-state index is 2.42. The predicted octanol–water partition coefficient (Wildman–Crippen LogP) is 7.15. The molecule has 0 unspecified atom stereocenters. The van der Waals surface area contributed by atoms with E-state index in [0.717, 1.165) is 6.16 Å². The molecule has 28 heavy (non-hydrogen) atoms. The van der Waals surface area contributed by atoms with E-state index in [9.17, 15) is 0 Å². The van der Waals surface area contributed by atoms with Gasteiger partial charge in [-0.05, 0) is 68.8 Å². The van der Waals surface area contributed by atoms with E-state index in [1.165, 1.54) is 35.4 Å². The maximum absolute atomic E-state index is 2.42. The minimum Gasteiger partial charge on any atom is -0.0767 e. The van der Waals surface area contributed by atoms with Crippen molar-refractivity contribution in [3.05, 3.63) is 95.6 Å². The highest BCUT2D eigenvalue weighted by Gasteiger charge is 2.26.